The number of halogens is 4. The van der Waals surface area contributed by atoms with E-state index in [-0.39, 0.29) is 11.1 Å². The van der Waals surface area contributed by atoms with Crippen molar-refractivity contribution in [3.63, 3.8) is 0 Å². The van der Waals surface area contributed by atoms with Crippen molar-refractivity contribution in [3.8, 4) is 0 Å². The van der Waals surface area contributed by atoms with Gasteiger partial charge in [0.1, 0.15) is 5.82 Å². The van der Waals surface area contributed by atoms with Gasteiger partial charge in [0, 0.05) is 14.1 Å². The summed E-state index contributed by atoms with van der Waals surface area (Å²) in [6.07, 6.45) is 0.495. The van der Waals surface area contributed by atoms with E-state index >= 15 is 0 Å². The summed E-state index contributed by atoms with van der Waals surface area (Å²) in [5.41, 5.74) is 7.92. The third-order valence-electron chi connectivity index (χ3n) is 2.83. The predicted molar refractivity (Wildman–Crippen MR) is 88.9 cm³/mol. The molecule has 1 atom stereocenters. The van der Waals surface area contributed by atoms with E-state index in [1.807, 2.05) is 18.2 Å². The van der Waals surface area contributed by atoms with E-state index < -0.39 is 5.82 Å². The summed E-state index contributed by atoms with van der Waals surface area (Å²) in [5, 5.41) is 0.153. The van der Waals surface area contributed by atoms with Gasteiger partial charge in [-0.15, -0.1) is 0 Å². The van der Waals surface area contributed by atoms with Gasteiger partial charge in [-0.05, 0) is 64.4 Å². The van der Waals surface area contributed by atoms with Crippen molar-refractivity contribution in [2.75, 3.05) is 0 Å². The second-order valence-electron chi connectivity index (χ2n) is 4.19. The summed E-state index contributed by atoms with van der Waals surface area (Å²) in [6.45, 7) is 0. The predicted octanol–water partition coefficient (Wildman–Crippen LogP) is 5.09. The summed E-state index contributed by atoms with van der Waals surface area (Å²) in [4.78, 5) is 0. The molecule has 0 radical (unpaired) electrons. The Morgan fingerprint density at radius 2 is 2.05 bits per heavy atom. The molecule has 100 valence electrons. The van der Waals surface area contributed by atoms with Crippen LogP contribution in [0.3, 0.4) is 0 Å². The first kappa shape index (κ1) is 15.2. The fourth-order valence-corrected chi connectivity index (χ4v) is 3.11. The van der Waals surface area contributed by atoms with Crippen LogP contribution in [-0.4, -0.2) is 0 Å². The molecule has 0 aliphatic rings. The van der Waals surface area contributed by atoms with Crippen molar-refractivity contribution in [1.82, 2.24) is 0 Å². The van der Waals surface area contributed by atoms with E-state index in [2.05, 4.69) is 38.5 Å². The molecule has 2 rings (SSSR count). The van der Waals surface area contributed by atoms with Gasteiger partial charge in [-0.25, -0.2) is 4.39 Å². The highest BCUT2D eigenvalue weighted by molar-refractivity contribution is 14.1. The molecule has 2 aromatic rings. The maximum Gasteiger partial charge on any atom is 0.142 e. The number of benzene rings is 2. The lowest BCUT2D eigenvalue weighted by atomic mass is 9.99. The molecule has 0 fully saturated rings. The Bertz CT molecular complexity index is 606. The topological polar surface area (TPSA) is 26.0 Å². The first-order chi connectivity index (χ1) is 8.99. The van der Waals surface area contributed by atoms with Crippen LogP contribution < -0.4 is 5.73 Å². The van der Waals surface area contributed by atoms with Gasteiger partial charge in [0.25, 0.3) is 0 Å². The minimum Gasteiger partial charge on any atom is -0.324 e. The van der Waals surface area contributed by atoms with Gasteiger partial charge in [-0.1, -0.05) is 39.7 Å². The SMILES string of the molecule is NC(Cc1cccc(F)c1Cl)c1cc(I)ccc1Br. The molecular formula is C14H11BrClFIN. The van der Waals surface area contributed by atoms with Crippen LogP contribution in [0.2, 0.25) is 5.02 Å². The standard InChI is InChI=1S/C14H11BrClFIN/c15-11-5-4-9(18)7-10(11)13(19)6-8-2-1-3-12(17)14(8)16/h1-5,7,13H,6,19H2. The summed E-state index contributed by atoms with van der Waals surface area (Å²) >= 11 is 11.7. The fourth-order valence-electron chi connectivity index (χ4n) is 1.85. The second kappa shape index (κ2) is 6.52. The molecular weight excluding hydrogens is 443 g/mol. The van der Waals surface area contributed by atoms with Crippen LogP contribution in [0, 0.1) is 9.39 Å². The molecule has 0 amide bonds. The summed E-state index contributed by atoms with van der Waals surface area (Å²) in [7, 11) is 0. The first-order valence-corrected chi connectivity index (χ1v) is 7.87. The van der Waals surface area contributed by atoms with Crippen molar-refractivity contribution >= 4 is 50.1 Å². The average Bonchev–Trinajstić information content (AvgIpc) is 2.38. The smallest absolute Gasteiger partial charge is 0.142 e. The molecule has 2 aromatic carbocycles. The molecule has 0 aromatic heterocycles. The van der Waals surface area contributed by atoms with Crippen molar-refractivity contribution < 1.29 is 4.39 Å². The quantitative estimate of drug-likeness (QED) is 0.643. The zero-order chi connectivity index (χ0) is 14.0. The van der Waals surface area contributed by atoms with Gasteiger partial charge in [0.05, 0.1) is 5.02 Å². The molecule has 0 bridgehead atoms. The Morgan fingerprint density at radius 3 is 2.79 bits per heavy atom. The van der Waals surface area contributed by atoms with Crippen molar-refractivity contribution in [3.05, 3.63) is 66.4 Å². The fraction of sp³-hybridized carbons (Fsp3) is 0.143. The number of nitrogens with two attached hydrogens (primary N) is 1. The van der Waals surface area contributed by atoms with E-state index in [4.69, 9.17) is 17.3 Å². The summed E-state index contributed by atoms with van der Waals surface area (Å²) in [5.74, 6) is -0.409. The lowest BCUT2D eigenvalue weighted by molar-refractivity contribution is 0.622. The average molecular weight is 455 g/mol. The molecule has 1 unspecified atom stereocenters. The molecule has 0 saturated carbocycles. The van der Waals surface area contributed by atoms with Gasteiger partial charge in [-0.2, -0.15) is 0 Å². The van der Waals surface area contributed by atoms with Crippen molar-refractivity contribution in [2.24, 2.45) is 5.73 Å². The Hall–Kier alpha value is -0.170. The summed E-state index contributed by atoms with van der Waals surface area (Å²) in [6, 6.07) is 10.5. The lowest BCUT2D eigenvalue weighted by Crippen LogP contribution is -2.14. The molecule has 5 heteroatoms. The van der Waals surface area contributed by atoms with Crippen molar-refractivity contribution in [2.45, 2.75) is 12.5 Å². The molecule has 1 nitrogen and oxygen atoms in total. The highest BCUT2D eigenvalue weighted by Gasteiger charge is 2.14. The highest BCUT2D eigenvalue weighted by atomic mass is 127. The Kier molecular flexibility index (Phi) is 5.22. The van der Waals surface area contributed by atoms with E-state index in [1.54, 1.807) is 12.1 Å². The molecule has 0 aliphatic carbocycles. The zero-order valence-corrected chi connectivity index (χ0v) is 14.3. The Labute approximate surface area is 138 Å². The number of hydrogen-bond acceptors (Lipinski definition) is 1. The van der Waals surface area contributed by atoms with Crippen LogP contribution in [-0.2, 0) is 6.42 Å². The second-order valence-corrected chi connectivity index (χ2v) is 6.67. The third kappa shape index (κ3) is 3.68. The summed E-state index contributed by atoms with van der Waals surface area (Å²) < 4.78 is 15.5. The highest BCUT2D eigenvalue weighted by Crippen LogP contribution is 2.29. The molecule has 0 spiro atoms. The third-order valence-corrected chi connectivity index (χ3v) is 4.65. The van der Waals surface area contributed by atoms with E-state index in [0.717, 1.165) is 19.2 Å². The van der Waals surface area contributed by atoms with Crippen LogP contribution in [0.25, 0.3) is 0 Å². The van der Waals surface area contributed by atoms with Crippen molar-refractivity contribution in [1.29, 1.82) is 0 Å². The Morgan fingerprint density at radius 1 is 1.32 bits per heavy atom. The maximum absolute atomic E-state index is 13.4. The normalized spacial score (nSPS) is 12.5. The van der Waals surface area contributed by atoms with Gasteiger partial charge in [-0.3, -0.25) is 0 Å². The number of hydrogen-bond donors (Lipinski definition) is 1. The monoisotopic (exact) mass is 453 g/mol. The molecule has 19 heavy (non-hydrogen) atoms. The van der Waals surface area contributed by atoms with Gasteiger partial charge in [0.15, 0.2) is 0 Å². The minimum absolute atomic E-state index is 0.153. The van der Waals surface area contributed by atoms with Crippen LogP contribution in [0.15, 0.2) is 40.9 Å². The Balaban J connectivity index is 2.28. The van der Waals surface area contributed by atoms with E-state index in [1.165, 1.54) is 6.07 Å². The molecule has 2 N–H and O–H groups in total. The van der Waals surface area contributed by atoms with Gasteiger partial charge < -0.3 is 5.73 Å². The molecule has 0 aliphatic heterocycles. The van der Waals surface area contributed by atoms with Gasteiger partial charge in [0.2, 0.25) is 0 Å². The minimum atomic E-state index is -0.409. The number of rotatable bonds is 3. The lowest BCUT2D eigenvalue weighted by Gasteiger charge is -2.15. The van der Waals surface area contributed by atoms with Crippen LogP contribution in [0.5, 0.6) is 0 Å². The van der Waals surface area contributed by atoms with Crippen LogP contribution in [0.4, 0.5) is 4.39 Å². The van der Waals surface area contributed by atoms with E-state index in [9.17, 15) is 4.39 Å². The zero-order valence-electron chi connectivity index (χ0n) is 9.84. The largest absolute Gasteiger partial charge is 0.324 e. The maximum atomic E-state index is 13.4. The van der Waals surface area contributed by atoms with Crippen LogP contribution >= 0.6 is 50.1 Å². The first-order valence-electron chi connectivity index (χ1n) is 5.62. The van der Waals surface area contributed by atoms with Gasteiger partial charge >= 0.3 is 0 Å². The van der Waals surface area contributed by atoms with Crippen LogP contribution in [0.1, 0.15) is 17.2 Å². The molecule has 0 saturated heterocycles. The molecule has 0 heterocycles. The van der Waals surface area contributed by atoms with E-state index in [0.29, 0.717) is 6.42 Å².